The fourth-order valence-electron chi connectivity index (χ4n) is 1.60. The quantitative estimate of drug-likeness (QED) is 0.821. The van der Waals surface area contributed by atoms with E-state index in [9.17, 15) is 0 Å². The van der Waals surface area contributed by atoms with Crippen LogP contribution in [0.3, 0.4) is 0 Å². The Bertz CT molecular complexity index is 394. The highest BCUT2D eigenvalue weighted by Crippen LogP contribution is 2.38. The fraction of sp³-hybridized carbons (Fsp3) is 0.500. The average molecular weight is 302 g/mol. The van der Waals surface area contributed by atoms with Crippen molar-refractivity contribution in [3.8, 4) is 11.5 Å². The van der Waals surface area contributed by atoms with Gasteiger partial charge in [0.2, 0.25) is 0 Å². The Labute approximate surface area is 109 Å². The molecule has 1 saturated carbocycles. The number of halogens is 1. The number of methoxy groups -OCH3 is 1. The molecule has 0 heterocycles. The van der Waals surface area contributed by atoms with Crippen molar-refractivity contribution in [2.24, 2.45) is 11.8 Å². The first kappa shape index (κ1) is 12.7. The van der Waals surface area contributed by atoms with Crippen molar-refractivity contribution >= 4 is 15.9 Å². The SMILES string of the molecule is COc1ccc(Br)c(CON)c1OCC1CC1. The normalized spacial score (nSPS) is 14.8. The van der Waals surface area contributed by atoms with E-state index in [-0.39, 0.29) is 6.61 Å². The Balaban J connectivity index is 2.24. The Morgan fingerprint density at radius 1 is 1.41 bits per heavy atom. The van der Waals surface area contributed by atoms with E-state index in [0.29, 0.717) is 11.7 Å². The van der Waals surface area contributed by atoms with Crippen LogP contribution in [0.1, 0.15) is 18.4 Å². The lowest BCUT2D eigenvalue weighted by Crippen LogP contribution is -2.07. The molecule has 1 fully saturated rings. The molecule has 1 aliphatic carbocycles. The van der Waals surface area contributed by atoms with Gasteiger partial charge in [-0.15, -0.1) is 0 Å². The van der Waals surface area contributed by atoms with E-state index in [4.69, 9.17) is 20.2 Å². The van der Waals surface area contributed by atoms with Crippen LogP contribution in [0.15, 0.2) is 16.6 Å². The maximum absolute atomic E-state index is 5.83. The third-order valence-corrected chi connectivity index (χ3v) is 3.52. The van der Waals surface area contributed by atoms with E-state index in [1.807, 2.05) is 12.1 Å². The molecular formula is C12H16BrNO3. The number of hydrogen-bond acceptors (Lipinski definition) is 4. The van der Waals surface area contributed by atoms with Crippen molar-refractivity contribution < 1.29 is 14.3 Å². The summed E-state index contributed by atoms with van der Waals surface area (Å²) >= 11 is 3.46. The van der Waals surface area contributed by atoms with Crippen molar-refractivity contribution in [1.82, 2.24) is 0 Å². The zero-order valence-corrected chi connectivity index (χ0v) is 11.3. The van der Waals surface area contributed by atoms with Crippen LogP contribution in [-0.2, 0) is 11.4 Å². The number of hydrogen-bond donors (Lipinski definition) is 1. The van der Waals surface area contributed by atoms with Crippen LogP contribution >= 0.6 is 15.9 Å². The smallest absolute Gasteiger partial charge is 0.167 e. The molecule has 0 aromatic heterocycles. The first-order chi connectivity index (χ1) is 8.26. The minimum Gasteiger partial charge on any atom is -0.493 e. The van der Waals surface area contributed by atoms with Crippen LogP contribution in [-0.4, -0.2) is 13.7 Å². The summed E-state index contributed by atoms with van der Waals surface area (Å²) in [6, 6.07) is 3.77. The van der Waals surface area contributed by atoms with Gasteiger partial charge < -0.3 is 9.47 Å². The largest absolute Gasteiger partial charge is 0.493 e. The molecule has 4 nitrogen and oxygen atoms in total. The van der Waals surface area contributed by atoms with Crippen molar-refractivity contribution in [2.45, 2.75) is 19.4 Å². The summed E-state index contributed by atoms with van der Waals surface area (Å²) in [4.78, 5) is 4.71. The molecule has 1 aromatic rings. The summed E-state index contributed by atoms with van der Waals surface area (Å²) < 4.78 is 12.0. The first-order valence-corrected chi connectivity index (χ1v) is 6.35. The lowest BCUT2D eigenvalue weighted by atomic mass is 10.2. The first-order valence-electron chi connectivity index (χ1n) is 5.56. The Morgan fingerprint density at radius 2 is 2.18 bits per heavy atom. The van der Waals surface area contributed by atoms with Crippen LogP contribution < -0.4 is 15.4 Å². The third kappa shape index (κ3) is 3.12. The molecule has 1 aromatic carbocycles. The minimum absolute atomic E-state index is 0.289. The van der Waals surface area contributed by atoms with E-state index in [0.717, 1.165) is 22.4 Å². The van der Waals surface area contributed by atoms with Crippen LogP contribution in [0, 0.1) is 5.92 Å². The minimum atomic E-state index is 0.289. The lowest BCUT2D eigenvalue weighted by Gasteiger charge is -2.15. The van der Waals surface area contributed by atoms with Crippen molar-refractivity contribution in [3.63, 3.8) is 0 Å². The van der Waals surface area contributed by atoms with Crippen molar-refractivity contribution in [1.29, 1.82) is 0 Å². The van der Waals surface area contributed by atoms with Crippen LogP contribution in [0.25, 0.3) is 0 Å². The van der Waals surface area contributed by atoms with Crippen molar-refractivity contribution in [3.05, 3.63) is 22.2 Å². The van der Waals surface area contributed by atoms with Gasteiger partial charge in [-0.2, -0.15) is 0 Å². The van der Waals surface area contributed by atoms with Gasteiger partial charge >= 0.3 is 0 Å². The van der Waals surface area contributed by atoms with Gasteiger partial charge in [-0.25, -0.2) is 5.90 Å². The second-order valence-electron chi connectivity index (χ2n) is 4.12. The molecular weight excluding hydrogens is 286 g/mol. The maximum atomic E-state index is 5.83. The van der Waals surface area contributed by atoms with Crippen LogP contribution in [0.2, 0.25) is 0 Å². The Kier molecular flexibility index (Phi) is 4.25. The molecule has 5 heteroatoms. The number of nitrogens with two attached hydrogens (primary N) is 1. The third-order valence-electron chi connectivity index (χ3n) is 2.78. The second kappa shape index (κ2) is 5.71. The second-order valence-corrected chi connectivity index (χ2v) is 4.98. The summed E-state index contributed by atoms with van der Waals surface area (Å²) in [6.07, 6.45) is 2.50. The van der Waals surface area contributed by atoms with E-state index in [2.05, 4.69) is 15.9 Å². The van der Waals surface area contributed by atoms with E-state index < -0.39 is 0 Å². The average Bonchev–Trinajstić information content (AvgIpc) is 3.14. The highest BCUT2D eigenvalue weighted by molar-refractivity contribution is 9.10. The molecule has 94 valence electrons. The predicted molar refractivity (Wildman–Crippen MR) is 67.9 cm³/mol. The molecule has 0 aliphatic heterocycles. The molecule has 0 spiro atoms. The van der Waals surface area contributed by atoms with Gasteiger partial charge in [0.15, 0.2) is 11.5 Å². The Hall–Kier alpha value is -0.780. The number of ether oxygens (including phenoxy) is 2. The lowest BCUT2D eigenvalue weighted by molar-refractivity contribution is 0.120. The zero-order chi connectivity index (χ0) is 12.3. The zero-order valence-electron chi connectivity index (χ0n) is 9.74. The summed E-state index contributed by atoms with van der Waals surface area (Å²) in [6.45, 7) is 1.02. The van der Waals surface area contributed by atoms with Gasteiger partial charge in [-0.1, -0.05) is 15.9 Å². The molecule has 1 aliphatic rings. The molecule has 0 atom stereocenters. The molecule has 2 N–H and O–H groups in total. The van der Waals surface area contributed by atoms with Crippen molar-refractivity contribution in [2.75, 3.05) is 13.7 Å². The van der Waals surface area contributed by atoms with Gasteiger partial charge in [0.05, 0.1) is 20.3 Å². The fourth-order valence-corrected chi connectivity index (χ4v) is 2.03. The summed E-state index contributed by atoms with van der Waals surface area (Å²) in [7, 11) is 1.63. The van der Waals surface area contributed by atoms with Crippen LogP contribution in [0.4, 0.5) is 0 Å². The summed E-state index contributed by atoms with van der Waals surface area (Å²) in [5.74, 6) is 7.26. The molecule has 0 bridgehead atoms. The monoisotopic (exact) mass is 301 g/mol. The molecule has 2 rings (SSSR count). The van der Waals surface area contributed by atoms with Gasteiger partial charge in [0.25, 0.3) is 0 Å². The van der Waals surface area contributed by atoms with E-state index in [1.165, 1.54) is 12.8 Å². The molecule has 17 heavy (non-hydrogen) atoms. The van der Waals surface area contributed by atoms with Gasteiger partial charge in [0, 0.05) is 10.0 Å². The topological polar surface area (TPSA) is 53.7 Å². The molecule has 0 amide bonds. The van der Waals surface area contributed by atoms with Gasteiger partial charge in [-0.3, -0.25) is 4.84 Å². The van der Waals surface area contributed by atoms with Gasteiger partial charge in [0.1, 0.15) is 0 Å². The highest BCUT2D eigenvalue weighted by Gasteiger charge is 2.24. The highest BCUT2D eigenvalue weighted by atomic mass is 79.9. The molecule has 0 saturated heterocycles. The van der Waals surface area contributed by atoms with E-state index >= 15 is 0 Å². The van der Waals surface area contributed by atoms with Gasteiger partial charge in [-0.05, 0) is 30.9 Å². The number of benzene rings is 1. The van der Waals surface area contributed by atoms with E-state index in [1.54, 1.807) is 7.11 Å². The Morgan fingerprint density at radius 3 is 2.76 bits per heavy atom. The number of rotatable bonds is 6. The molecule has 0 unspecified atom stereocenters. The summed E-state index contributed by atoms with van der Waals surface area (Å²) in [5, 5.41) is 0. The molecule has 0 radical (unpaired) electrons. The summed E-state index contributed by atoms with van der Waals surface area (Å²) in [5.41, 5.74) is 0.882. The standard InChI is InChI=1S/C12H16BrNO3/c1-15-11-5-4-10(13)9(7-17-14)12(11)16-6-8-2-3-8/h4-5,8H,2-3,6-7,14H2,1H3. The predicted octanol–water partition coefficient (Wildman–Crippen LogP) is 2.64. The van der Waals surface area contributed by atoms with Crippen LogP contribution in [0.5, 0.6) is 11.5 Å². The maximum Gasteiger partial charge on any atom is 0.167 e.